The molecular weight excluding hydrogens is 407 g/mol. The van der Waals surface area contributed by atoms with Crippen LogP contribution in [-0.2, 0) is 9.59 Å². The lowest BCUT2D eigenvalue weighted by Crippen LogP contribution is -2.56. The zero-order valence-electron chi connectivity index (χ0n) is 18.3. The van der Waals surface area contributed by atoms with Gasteiger partial charge in [0, 0.05) is 5.69 Å². The molecule has 1 atom stereocenters. The Labute approximate surface area is 187 Å². The molecule has 1 fully saturated rings. The summed E-state index contributed by atoms with van der Waals surface area (Å²) in [6.07, 6.45) is 0. The molecule has 0 bridgehead atoms. The molecule has 4 rings (SSSR count). The van der Waals surface area contributed by atoms with Gasteiger partial charge in [-0.05, 0) is 53.4 Å². The summed E-state index contributed by atoms with van der Waals surface area (Å²) < 4.78 is 19.7. The second-order valence-corrected chi connectivity index (χ2v) is 8.06. The van der Waals surface area contributed by atoms with Crippen LogP contribution in [0.4, 0.5) is 15.8 Å². The molecule has 1 saturated heterocycles. The molecule has 164 valence electrons. The highest BCUT2D eigenvalue weighted by molar-refractivity contribution is 6.14. The number of halogens is 1. The van der Waals surface area contributed by atoms with Crippen molar-refractivity contribution in [1.82, 2.24) is 0 Å². The molecule has 0 radical (unpaired) electrons. The van der Waals surface area contributed by atoms with Crippen LogP contribution in [0.25, 0.3) is 0 Å². The Kier molecular flexibility index (Phi) is 5.95. The number of piperazine rings is 1. The van der Waals surface area contributed by atoms with Gasteiger partial charge in [-0.1, -0.05) is 50.2 Å². The fraction of sp³-hybridized carbons (Fsp3) is 0.231. The van der Waals surface area contributed by atoms with E-state index in [2.05, 4.69) is 13.8 Å². The van der Waals surface area contributed by atoms with Crippen LogP contribution in [0.3, 0.4) is 0 Å². The molecule has 1 aliphatic heterocycles. The SMILES string of the molecule is COc1ccc(N2C(=O)CN(c3ccccc3F)C(=O)[C@@H]2c2ccc(C(C)C)cc2)cc1. The minimum Gasteiger partial charge on any atom is -0.497 e. The molecule has 0 N–H and O–H groups in total. The molecule has 1 aliphatic rings. The van der Waals surface area contributed by atoms with Crippen molar-refractivity contribution in [2.24, 2.45) is 0 Å². The summed E-state index contributed by atoms with van der Waals surface area (Å²) in [5, 5.41) is 0. The summed E-state index contributed by atoms with van der Waals surface area (Å²) in [5.74, 6) is -0.213. The summed E-state index contributed by atoms with van der Waals surface area (Å²) in [4.78, 5) is 29.7. The molecule has 3 aromatic carbocycles. The second kappa shape index (κ2) is 8.83. The van der Waals surface area contributed by atoms with Crippen LogP contribution in [0, 0.1) is 5.82 Å². The Morgan fingerprint density at radius 3 is 2.19 bits per heavy atom. The predicted octanol–water partition coefficient (Wildman–Crippen LogP) is 5.08. The molecule has 3 aromatic rings. The lowest BCUT2D eigenvalue weighted by molar-refractivity contribution is -0.128. The predicted molar refractivity (Wildman–Crippen MR) is 123 cm³/mol. The monoisotopic (exact) mass is 432 g/mol. The zero-order valence-corrected chi connectivity index (χ0v) is 18.3. The molecule has 0 unspecified atom stereocenters. The van der Waals surface area contributed by atoms with Crippen molar-refractivity contribution in [2.75, 3.05) is 23.5 Å². The topological polar surface area (TPSA) is 49.9 Å². The molecule has 1 heterocycles. The average molecular weight is 432 g/mol. The van der Waals surface area contributed by atoms with E-state index in [-0.39, 0.29) is 24.0 Å². The molecule has 0 aromatic heterocycles. The first-order valence-electron chi connectivity index (χ1n) is 10.5. The number of nitrogens with zero attached hydrogens (tertiary/aromatic N) is 2. The summed E-state index contributed by atoms with van der Waals surface area (Å²) in [7, 11) is 1.57. The Hall–Kier alpha value is -3.67. The van der Waals surface area contributed by atoms with Crippen LogP contribution < -0.4 is 14.5 Å². The van der Waals surface area contributed by atoms with E-state index in [0.717, 1.165) is 5.56 Å². The van der Waals surface area contributed by atoms with Gasteiger partial charge in [-0.3, -0.25) is 19.4 Å². The largest absolute Gasteiger partial charge is 0.497 e. The van der Waals surface area contributed by atoms with Crippen LogP contribution >= 0.6 is 0 Å². The maximum absolute atomic E-state index is 14.5. The van der Waals surface area contributed by atoms with Gasteiger partial charge in [0.25, 0.3) is 5.91 Å². The Morgan fingerprint density at radius 2 is 1.59 bits per heavy atom. The number of carbonyl (C=O) groups excluding carboxylic acids is 2. The van der Waals surface area contributed by atoms with E-state index in [1.54, 1.807) is 43.5 Å². The first-order valence-corrected chi connectivity index (χ1v) is 10.5. The Balaban J connectivity index is 1.80. The van der Waals surface area contributed by atoms with Crippen molar-refractivity contribution < 1.29 is 18.7 Å². The van der Waals surface area contributed by atoms with Gasteiger partial charge in [-0.15, -0.1) is 0 Å². The van der Waals surface area contributed by atoms with Crippen LogP contribution in [0.2, 0.25) is 0 Å². The maximum atomic E-state index is 14.5. The van der Waals surface area contributed by atoms with E-state index < -0.39 is 11.9 Å². The van der Waals surface area contributed by atoms with Gasteiger partial charge >= 0.3 is 0 Å². The molecular formula is C26H25FN2O3. The van der Waals surface area contributed by atoms with Crippen molar-refractivity contribution >= 4 is 23.2 Å². The first kappa shape index (κ1) is 21.6. The quantitative estimate of drug-likeness (QED) is 0.565. The van der Waals surface area contributed by atoms with E-state index >= 15 is 0 Å². The highest BCUT2D eigenvalue weighted by Crippen LogP contribution is 2.36. The van der Waals surface area contributed by atoms with Crippen molar-refractivity contribution in [3.8, 4) is 5.75 Å². The lowest BCUT2D eigenvalue weighted by atomic mass is 9.95. The minimum absolute atomic E-state index is 0.101. The summed E-state index contributed by atoms with van der Waals surface area (Å²) in [6.45, 7) is 3.94. The lowest BCUT2D eigenvalue weighted by Gasteiger charge is -2.40. The number of benzene rings is 3. The van der Waals surface area contributed by atoms with Crippen molar-refractivity contribution in [1.29, 1.82) is 0 Å². The average Bonchev–Trinajstić information content (AvgIpc) is 2.81. The van der Waals surface area contributed by atoms with Crippen LogP contribution in [0.5, 0.6) is 5.75 Å². The van der Waals surface area contributed by atoms with Gasteiger partial charge in [-0.2, -0.15) is 0 Å². The molecule has 0 spiro atoms. The molecule has 0 aliphatic carbocycles. The maximum Gasteiger partial charge on any atom is 0.255 e. The van der Waals surface area contributed by atoms with Crippen molar-refractivity contribution in [2.45, 2.75) is 25.8 Å². The van der Waals surface area contributed by atoms with E-state index in [0.29, 0.717) is 22.9 Å². The number of ether oxygens (including phenoxy) is 1. The normalized spacial score (nSPS) is 16.6. The minimum atomic E-state index is -0.912. The van der Waals surface area contributed by atoms with Gasteiger partial charge in [0.15, 0.2) is 0 Å². The number of amides is 2. The van der Waals surface area contributed by atoms with Gasteiger partial charge in [0.1, 0.15) is 24.2 Å². The fourth-order valence-corrected chi connectivity index (χ4v) is 3.96. The standard InChI is InChI=1S/C26H25FN2O3/c1-17(2)18-8-10-19(11-9-18)25-26(31)28(23-7-5-4-6-22(23)27)16-24(30)29(25)20-12-14-21(32-3)15-13-20/h4-15,17,25H,16H2,1-3H3/t25-/m0/s1. The van der Waals surface area contributed by atoms with Gasteiger partial charge in [0.2, 0.25) is 5.91 Å². The van der Waals surface area contributed by atoms with E-state index in [1.165, 1.54) is 21.9 Å². The van der Waals surface area contributed by atoms with Crippen LogP contribution in [-0.4, -0.2) is 25.5 Å². The van der Waals surface area contributed by atoms with E-state index in [4.69, 9.17) is 4.74 Å². The number of carbonyl (C=O) groups is 2. The summed E-state index contributed by atoms with van der Waals surface area (Å²) in [6, 6.07) is 19.8. The Bertz CT molecular complexity index is 1130. The molecule has 5 nitrogen and oxygen atoms in total. The highest BCUT2D eigenvalue weighted by atomic mass is 19.1. The van der Waals surface area contributed by atoms with Gasteiger partial charge < -0.3 is 4.74 Å². The van der Waals surface area contributed by atoms with E-state index in [1.807, 2.05) is 24.3 Å². The zero-order chi connectivity index (χ0) is 22.8. The third kappa shape index (κ3) is 3.96. The molecule has 32 heavy (non-hydrogen) atoms. The number of hydrogen-bond acceptors (Lipinski definition) is 3. The Morgan fingerprint density at radius 1 is 0.938 bits per heavy atom. The van der Waals surface area contributed by atoms with Crippen molar-refractivity contribution in [3.05, 3.63) is 89.7 Å². The number of anilines is 2. The summed E-state index contributed by atoms with van der Waals surface area (Å²) >= 11 is 0. The fourth-order valence-electron chi connectivity index (χ4n) is 3.96. The highest BCUT2D eigenvalue weighted by Gasteiger charge is 2.42. The molecule has 2 amide bonds. The van der Waals surface area contributed by atoms with Crippen LogP contribution in [0.15, 0.2) is 72.8 Å². The van der Waals surface area contributed by atoms with Crippen LogP contribution in [0.1, 0.15) is 36.9 Å². The van der Waals surface area contributed by atoms with E-state index in [9.17, 15) is 14.0 Å². The third-order valence-electron chi connectivity index (χ3n) is 5.73. The second-order valence-electron chi connectivity index (χ2n) is 8.06. The summed E-state index contributed by atoms with van der Waals surface area (Å²) in [5.41, 5.74) is 2.48. The van der Waals surface area contributed by atoms with Gasteiger partial charge in [0.05, 0.1) is 12.8 Å². The van der Waals surface area contributed by atoms with Crippen molar-refractivity contribution in [3.63, 3.8) is 0 Å². The molecule has 6 heteroatoms. The first-order chi connectivity index (χ1) is 15.4. The number of para-hydroxylation sites is 1. The number of hydrogen-bond donors (Lipinski definition) is 0. The van der Waals surface area contributed by atoms with Gasteiger partial charge in [-0.25, -0.2) is 4.39 Å². The smallest absolute Gasteiger partial charge is 0.255 e. The molecule has 0 saturated carbocycles. The number of rotatable bonds is 5. The third-order valence-corrected chi connectivity index (χ3v) is 5.73. The number of methoxy groups -OCH3 is 1.